The van der Waals surface area contributed by atoms with Crippen molar-refractivity contribution in [1.29, 1.82) is 0 Å². The van der Waals surface area contributed by atoms with Crippen LogP contribution in [0.25, 0.3) is 22.3 Å². The molecular weight excluding hydrogens is 428 g/mol. The largest absolute Gasteiger partial charge is 0.507 e. The molecule has 1 aliphatic heterocycles. The molecule has 0 bridgehead atoms. The van der Waals surface area contributed by atoms with Gasteiger partial charge >= 0.3 is 0 Å². The van der Waals surface area contributed by atoms with Gasteiger partial charge in [0.05, 0.1) is 12.2 Å². The fourth-order valence-electron chi connectivity index (χ4n) is 3.87. The fraction of sp³-hybridized carbons (Fsp3) is 0.280. The highest BCUT2D eigenvalue weighted by Gasteiger charge is 2.45. The summed E-state index contributed by atoms with van der Waals surface area (Å²) in [5.74, 6) is -0.676. The molecular formula is C25H26O8. The number of rotatable bonds is 5. The Bertz CT molecular complexity index is 1100. The highest BCUT2D eigenvalue weighted by Crippen LogP contribution is 2.49. The molecule has 0 radical (unpaired) electrons. The van der Waals surface area contributed by atoms with Crippen LogP contribution in [0.1, 0.15) is 5.56 Å². The molecule has 1 saturated heterocycles. The zero-order chi connectivity index (χ0) is 23.7. The molecule has 174 valence electrons. The molecule has 4 rings (SSSR count). The number of aryl methyl sites for hydroxylation is 1. The average molecular weight is 454 g/mol. The van der Waals surface area contributed by atoms with E-state index in [1.54, 1.807) is 36.4 Å². The summed E-state index contributed by atoms with van der Waals surface area (Å²) < 4.78 is 11.3. The van der Waals surface area contributed by atoms with Gasteiger partial charge in [-0.2, -0.15) is 0 Å². The summed E-state index contributed by atoms with van der Waals surface area (Å²) in [6.07, 6.45) is -7.54. The summed E-state index contributed by atoms with van der Waals surface area (Å²) >= 11 is 0. The van der Waals surface area contributed by atoms with E-state index in [9.17, 15) is 30.6 Å². The molecule has 5 atom stereocenters. The second-order valence-electron chi connectivity index (χ2n) is 8.04. The summed E-state index contributed by atoms with van der Waals surface area (Å²) in [7, 11) is 0. The van der Waals surface area contributed by atoms with Crippen molar-refractivity contribution in [3.8, 4) is 39.5 Å². The maximum absolute atomic E-state index is 11.2. The summed E-state index contributed by atoms with van der Waals surface area (Å²) in [6.45, 7) is 1.29. The molecule has 3 aromatic carbocycles. The van der Waals surface area contributed by atoms with Gasteiger partial charge in [0.2, 0.25) is 6.29 Å². The van der Waals surface area contributed by atoms with Gasteiger partial charge in [-0.1, -0.05) is 60.2 Å². The van der Waals surface area contributed by atoms with E-state index in [1.165, 1.54) is 6.07 Å². The van der Waals surface area contributed by atoms with E-state index in [4.69, 9.17) is 9.47 Å². The third-order valence-corrected chi connectivity index (χ3v) is 5.74. The number of hydrogen-bond donors (Lipinski definition) is 6. The van der Waals surface area contributed by atoms with Gasteiger partial charge in [0.1, 0.15) is 30.2 Å². The van der Waals surface area contributed by atoms with Crippen LogP contribution in [-0.4, -0.2) is 68.0 Å². The molecule has 1 heterocycles. The van der Waals surface area contributed by atoms with E-state index in [1.807, 2.05) is 25.1 Å². The number of benzene rings is 3. The van der Waals surface area contributed by atoms with Gasteiger partial charge in [-0.25, -0.2) is 0 Å². The number of hydrogen-bond acceptors (Lipinski definition) is 8. The van der Waals surface area contributed by atoms with Crippen molar-refractivity contribution in [3.63, 3.8) is 0 Å². The monoisotopic (exact) mass is 454 g/mol. The first-order valence-corrected chi connectivity index (χ1v) is 10.5. The van der Waals surface area contributed by atoms with E-state index in [0.29, 0.717) is 16.7 Å². The normalized spacial score (nSPS) is 25.1. The Kier molecular flexibility index (Phi) is 6.55. The van der Waals surface area contributed by atoms with Crippen LogP contribution in [0.15, 0.2) is 60.7 Å². The van der Waals surface area contributed by atoms with E-state index < -0.39 is 43.1 Å². The summed E-state index contributed by atoms with van der Waals surface area (Å²) in [5.41, 5.74) is 2.58. The van der Waals surface area contributed by atoms with Crippen LogP contribution in [0, 0.1) is 6.92 Å². The number of ether oxygens (including phenoxy) is 2. The Morgan fingerprint density at radius 2 is 1.52 bits per heavy atom. The third kappa shape index (κ3) is 4.39. The van der Waals surface area contributed by atoms with Crippen molar-refractivity contribution in [2.75, 3.05) is 6.61 Å². The van der Waals surface area contributed by atoms with Crippen molar-refractivity contribution in [2.45, 2.75) is 37.6 Å². The Labute approximate surface area is 190 Å². The van der Waals surface area contributed by atoms with Gasteiger partial charge in [0, 0.05) is 5.56 Å². The zero-order valence-electron chi connectivity index (χ0n) is 17.9. The highest BCUT2D eigenvalue weighted by atomic mass is 16.7. The lowest BCUT2D eigenvalue weighted by atomic mass is 9.95. The zero-order valence-corrected chi connectivity index (χ0v) is 17.9. The van der Waals surface area contributed by atoms with Crippen molar-refractivity contribution >= 4 is 0 Å². The maximum atomic E-state index is 11.2. The van der Waals surface area contributed by atoms with Gasteiger partial charge in [0.15, 0.2) is 11.5 Å². The fourth-order valence-corrected chi connectivity index (χ4v) is 3.87. The minimum atomic E-state index is -1.66. The SMILES string of the molecule is Cc1ccc(-c2c(O)cc(-c3ccccc3)c(O[C@@H]3O[C@H](CO)[C@@H](O)[C@H](O)[C@H]3O)c2O)cc1. The Balaban J connectivity index is 1.84. The lowest BCUT2D eigenvalue weighted by Gasteiger charge is -2.39. The smallest absolute Gasteiger partial charge is 0.229 e. The van der Waals surface area contributed by atoms with Crippen LogP contribution in [0.5, 0.6) is 17.2 Å². The molecule has 3 aromatic rings. The number of phenols is 2. The van der Waals surface area contributed by atoms with Crippen LogP contribution >= 0.6 is 0 Å². The number of aliphatic hydroxyl groups excluding tert-OH is 4. The predicted octanol–water partition coefficient (Wildman–Crippen LogP) is 1.92. The molecule has 8 nitrogen and oxygen atoms in total. The highest BCUT2D eigenvalue weighted by molar-refractivity contribution is 5.87. The molecule has 8 heteroatoms. The van der Waals surface area contributed by atoms with Gasteiger partial charge in [-0.3, -0.25) is 0 Å². The second kappa shape index (κ2) is 9.38. The lowest BCUT2D eigenvalue weighted by molar-refractivity contribution is -0.277. The quantitative estimate of drug-likeness (QED) is 0.344. The summed E-state index contributed by atoms with van der Waals surface area (Å²) in [5, 5.41) is 62.1. The standard InChI is InChI=1S/C25H26O8/c1-13-7-9-15(10-8-13)19-17(27)11-16(14-5-3-2-4-6-14)24(21(19)29)33-25-23(31)22(30)20(28)18(12-26)32-25/h2-11,18,20,22-23,25-31H,12H2,1H3/t18-,20-,22+,23-,25+/m1/s1. The van der Waals surface area contributed by atoms with Crippen molar-refractivity contribution in [2.24, 2.45) is 0 Å². The molecule has 0 saturated carbocycles. The molecule has 0 spiro atoms. The maximum Gasteiger partial charge on any atom is 0.229 e. The molecule has 6 N–H and O–H groups in total. The number of aromatic hydroxyl groups is 2. The molecule has 0 aliphatic carbocycles. The third-order valence-electron chi connectivity index (χ3n) is 5.74. The molecule has 0 unspecified atom stereocenters. The minimum absolute atomic E-state index is 0.0982. The lowest BCUT2D eigenvalue weighted by Crippen LogP contribution is -2.60. The van der Waals surface area contributed by atoms with Crippen LogP contribution in [0.3, 0.4) is 0 Å². The van der Waals surface area contributed by atoms with E-state index in [2.05, 4.69) is 0 Å². The Morgan fingerprint density at radius 1 is 0.848 bits per heavy atom. The van der Waals surface area contributed by atoms with Gasteiger partial charge < -0.3 is 40.1 Å². The van der Waals surface area contributed by atoms with Crippen molar-refractivity contribution in [3.05, 3.63) is 66.2 Å². The van der Waals surface area contributed by atoms with E-state index in [0.717, 1.165) is 5.56 Å². The van der Waals surface area contributed by atoms with Crippen LogP contribution in [0.2, 0.25) is 0 Å². The first-order valence-electron chi connectivity index (χ1n) is 10.5. The summed E-state index contributed by atoms with van der Waals surface area (Å²) in [6, 6.07) is 17.4. The Morgan fingerprint density at radius 3 is 2.15 bits per heavy atom. The first kappa shape index (κ1) is 23.0. The Hall–Kier alpha value is -3.14. The van der Waals surface area contributed by atoms with Crippen LogP contribution in [0.4, 0.5) is 0 Å². The van der Waals surface area contributed by atoms with Crippen LogP contribution < -0.4 is 4.74 Å². The molecule has 33 heavy (non-hydrogen) atoms. The average Bonchev–Trinajstić information content (AvgIpc) is 2.82. The van der Waals surface area contributed by atoms with Gasteiger partial charge in [-0.15, -0.1) is 0 Å². The minimum Gasteiger partial charge on any atom is -0.507 e. The van der Waals surface area contributed by atoms with E-state index >= 15 is 0 Å². The van der Waals surface area contributed by atoms with Crippen molar-refractivity contribution < 1.29 is 40.1 Å². The van der Waals surface area contributed by atoms with Crippen LogP contribution in [-0.2, 0) is 4.74 Å². The molecule has 0 aromatic heterocycles. The van der Waals surface area contributed by atoms with Gasteiger partial charge in [-0.05, 0) is 24.1 Å². The second-order valence-corrected chi connectivity index (χ2v) is 8.04. The van der Waals surface area contributed by atoms with Gasteiger partial charge in [0.25, 0.3) is 0 Å². The predicted molar refractivity (Wildman–Crippen MR) is 120 cm³/mol. The number of phenolic OH excluding ortho intramolecular Hbond substituents is 2. The van der Waals surface area contributed by atoms with E-state index in [-0.39, 0.29) is 17.1 Å². The molecule has 1 fully saturated rings. The number of aliphatic hydroxyl groups is 4. The molecule has 0 amide bonds. The molecule has 1 aliphatic rings. The first-order chi connectivity index (χ1) is 15.8. The summed E-state index contributed by atoms with van der Waals surface area (Å²) in [4.78, 5) is 0. The van der Waals surface area contributed by atoms with Crippen molar-refractivity contribution in [1.82, 2.24) is 0 Å². The topological polar surface area (TPSA) is 140 Å².